The molecule has 0 spiro atoms. The molecule has 130 valence electrons. The summed E-state index contributed by atoms with van der Waals surface area (Å²) in [6.45, 7) is 1.66. The molecule has 2 aliphatic heterocycles. The van der Waals surface area contributed by atoms with E-state index in [0.29, 0.717) is 41.8 Å². The minimum Gasteiger partial charge on any atom is -0.391 e. The van der Waals surface area contributed by atoms with Gasteiger partial charge in [0.25, 0.3) is 5.91 Å². The van der Waals surface area contributed by atoms with E-state index in [2.05, 4.69) is 10.6 Å². The van der Waals surface area contributed by atoms with Crippen molar-refractivity contribution >= 4 is 35.2 Å². The van der Waals surface area contributed by atoms with Crippen LogP contribution in [0.4, 0.5) is 0 Å². The van der Waals surface area contributed by atoms with E-state index < -0.39 is 12.1 Å². The van der Waals surface area contributed by atoms with Crippen LogP contribution in [0.15, 0.2) is 24.3 Å². The highest BCUT2D eigenvalue weighted by molar-refractivity contribution is 7.99. The van der Waals surface area contributed by atoms with Gasteiger partial charge in [-0.15, -0.1) is 11.8 Å². The van der Waals surface area contributed by atoms with E-state index in [0.717, 1.165) is 0 Å². The second kappa shape index (κ2) is 7.74. The van der Waals surface area contributed by atoms with Crippen molar-refractivity contribution in [1.29, 1.82) is 0 Å². The highest BCUT2D eigenvalue weighted by Gasteiger charge is 2.35. The van der Waals surface area contributed by atoms with Crippen molar-refractivity contribution in [3.63, 3.8) is 0 Å². The Morgan fingerprint density at radius 3 is 2.75 bits per heavy atom. The Bertz CT molecular complexity index is 613. The number of carbonyl (C=O) groups excluding carboxylic acids is 2. The molecule has 1 aromatic rings. The monoisotopic (exact) mass is 369 g/mol. The zero-order chi connectivity index (χ0) is 17.1. The van der Waals surface area contributed by atoms with Gasteiger partial charge in [0.15, 0.2) is 0 Å². The first kappa shape index (κ1) is 17.5. The number of hydrogen-bond acceptors (Lipinski definition) is 5. The number of amides is 2. The molecule has 0 aromatic heterocycles. The fraction of sp³-hybridized carbons (Fsp3) is 0.500. The van der Waals surface area contributed by atoms with E-state index in [9.17, 15) is 14.7 Å². The van der Waals surface area contributed by atoms with Gasteiger partial charge < -0.3 is 20.6 Å². The van der Waals surface area contributed by atoms with Gasteiger partial charge in [0.05, 0.1) is 12.0 Å². The van der Waals surface area contributed by atoms with Crippen LogP contribution >= 0.6 is 23.4 Å². The molecule has 1 aromatic carbocycles. The molecule has 8 heteroatoms. The second-order valence-electron chi connectivity index (χ2n) is 6.03. The van der Waals surface area contributed by atoms with Crippen LogP contribution in [-0.4, -0.2) is 65.2 Å². The maximum atomic E-state index is 12.6. The van der Waals surface area contributed by atoms with E-state index in [1.807, 2.05) is 0 Å². The van der Waals surface area contributed by atoms with Crippen molar-refractivity contribution in [2.75, 3.05) is 31.3 Å². The average Bonchev–Trinajstić information content (AvgIpc) is 3.21. The van der Waals surface area contributed by atoms with Crippen molar-refractivity contribution in [3.8, 4) is 0 Å². The molecule has 2 saturated heterocycles. The zero-order valence-electron chi connectivity index (χ0n) is 13.1. The number of rotatable bonds is 4. The number of thioether (sulfide) groups is 1. The Balaban J connectivity index is 1.60. The van der Waals surface area contributed by atoms with Gasteiger partial charge in [-0.05, 0) is 24.3 Å². The molecule has 6 nitrogen and oxygen atoms in total. The number of aliphatic hydroxyl groups excluding tert-OH is 1. The number of hydrogen-bond donors (Lipinski definition) is 3. The largest absolute Gasteiger partial charge is 0.391 e. The van der Waals surface area contributed by atoms with Gasteiger partial charge in [0.1, 0.15) is 6.04 Å². The third-order valence-electron chi connectivity index (χ3n) is 4.38. The van der Waals surface area contributed by atoms with Crippen LogP contribution in [0.1, 0.15) is 10.4 Å². The summed E-state index contributed by atoms with van der Waals surface area (Å²) in [6.07, 6.45) is -0.435. The minimum absolute atomic E-state index is 0.0171. The maximum absolute atomic E-state index is 12.6. The number of aliphatic hydroxyl groups is 1. The van der Waals surface area contributed by atoms with Gasteiger partial charge in [0, 0.05) is 41.9 Å². The van der Waals surface area contributed by atoms with Crippen LogP contribution in [0.25, 0.3) is 0 Å². The summed E-state index contributed by atoms with van der Waals surface area (Å²) in [4.78, 5) is 26.7. The van der Waals surface area contributed by atoms with E-state index in [4.69, 9.17) is 11.6 Å². The van der Waals surface area contributed by atoms with Crippen LogP contribution in [0.2, 0.25) is 5.02 Å². The number of carbonyl (C=O) groups is 2. The predicted octanol–water partition coefficient (Wildman–Crippen LogP) is 0.552. The Hall–Kier alpha value is -1.28. The quantitative estimate of drug-likeness (QED) is 0.722. The fourth-order valence-electron chi connectivity index (χ4n) is 2.90. The van der Waals surface area contributed by atoms with Crippen LogP contribution in [0, 0.1) is 5.92 Å². The molecule has 0 aliphatic carbocycles. The summed E-state index contributed by atoms with van der Waals surface area (Å²) in [5, 5.41) is 16.3. The first-order valence-corrected chi connectivity index (χ1v) is 9.40. The zero-order valence-corrected chi connectivity index (χ0v) is 14.6. The van der Waals surface area contributed by atoms with Crippen LogP contribution < -0.4 is 10.6 Å². The molecule has 2 heterocycles. The smallest absolute Gasteiger partial charge is 0.255 e. The molecule has 3 N–H and O–H groups in total. The normalized spacial score (nSPS) is 26.6. The summed E-state index contributed by atoms with van der Waals surface area (Å²) < 4.78 is 0. The lowest BCUT2D eigenvalue weighted by Gasteiger charge is -2.24. The van der Waals surface area contributed by atoms with Crippen molar-refractivity contribution in [1.82, 2.24) is 15.5 Å². The molecule has 0 radical (unpaired) electrons. The number of β-amino-alcohol motifs (C(OH)–C–C–N with tert-alkyl or cyclic N) is 1. The Morgan fingerprint density at radius 2 is 2.08 bits per heavy atom. The molecule has 0 saturated carbocycles. The number of nitrogens with zero attached hydrogens (tertiary/aromatic N) is 1. The van der Waals surface area contributed by atoms with Gasteiger partial charge in [-0.3, -0.25) is 9.59 Å². The molecular formula is C16H20ClN3O3S. The molecule has 0 bridgehead atoms. The molecule has 2 fully saturated rings. The number of benzene rings is 1. The van der Waals surface area contributed by atoms with Gasteiger partial charge in [0.2, 0.25) is 5.91 Å². The first-order valence-electron chi connectivity index (χ1n) is 7.87. The highest BCUT2D eigenvalue weighted by atomic mass is 35.5. The van der Waals surface area contributed by atoms with Crippen molar-refractivity contribution in [3.05, 3.63) is 34.9 Å². The lowest BCUT2D eigenvalue weighted by Crippen LogP contribution is -2.48. The van der Waals surface area contributed by atoms with Crippen LogP contribution in [0.5, 0.6) is 0 Å². The average molecular weight is 370 g/mol. The van der Waals surface area contributed by atoms with E-state index >= 15 is 0 Å². The third kappa shape index (κ3) is 3.85. The standard InChI is InChI=1S/C16H20ClN3O3S/c17-12-3-1-10(2-4-12)16(23)20-9-24-8-13(20)15(22)19-6-11-5-18-7-14(11)21/h1-4,11,13-14,18,21H,5-9H2,(H,19,22). The van der Waals surface area contributed by atoms with Gasteiger partial charge >= 0.3 is 0 Å². The maximum Gasteiger partial charge on any atom is 0.255 e. The van der Waals surface area contributed by atoms with Gasteiger partial charge in [-0.1, -0.05) is 11.6 Å². The lowest BCUT2D eigenvalue weighted by atomic mass is 10.1. The Kier molecular flexibility index (Phi) is 5.65. The molecule has 3 rings (SSSR count). The predicted molar refractivity (Wildman–Crippen MR) is 94.1 cm³/mol. The summed E-state index contributed by atoms with van der Waals surface area (Å²) in [7, 11) is 0. The number of halogens is 1. The van der Waals surface area contributed by atoms with Crippen molar-refractivity contribution in [2.24, 2.45) is 5.92 Å². The summed E-state index contributed by atoms with van der Waals surface area (Å²) in [6, 6.07) is 6.19. The molecule has 3 atom stereocenters. The molecule has 3 unspecified atom stereocenters. The summed E-state index contributed by atoms with van der Waals surface area (Å²) in [5.41, 5.74) is 0.523. The topological polar surface area (TPSA) is 81.7 Å². The minimum atomic E-state index is -0.482. The van der Waals surface area contributed by atoms with E-state index in [-0.39, 0.29) is 17.7 Å². The fourth-order valence-corrected chi connectivity index (χ4v) is 4.18. The third-order valence-corrected chi connectivity index (χ3v) is 5.64. The lowest BCUT2D eigenvalue weighted by molar-refractivity contribution is -0.124. The SMILES string of the molecule is O=C(NCC1CNCC1O)C1CSCN1C(=O)c1ccc(Cl)cc1. The van der Waals surface area contributed by atoms with E-state index in [1.54, 1.807) is 40.9 Å². The van der Waals surface area contributed by atoms with Crippen molar-refractivity contribution in [2.45, 2.75) is 12.1 Å². The van der Waals surface area contributed by atoms with Crippen LogP contribution in [-0.2, 0) is 4.79 Å². The molecule has 2 aliphatic rings. The Labute approximate surface area is 149 Å². The summed E-state index contributed by atoms with van der Waals surface area (Å²) >= 11 is 7.41. The van der Waals surface area contributed by atoms with Crippen molar-refractivity contribution < 1.29 is 14.7 Å². The first-order chi connectivity index (χ1) is 11.6. The van der Waals surface area contributed by atoms with Gasteiger partial charge in [-0.25, -0.2) is 0 Å². The van der Waals surface area contributed by atoms with Crippen LogP contribution in [0.3, 0.4) is 0 Å². The summed E-state index contributed by atoms with van der Waals surface area (Å²) in [5.74, 6) is 0.758. The molecular weight excluding hydrogens is 350 g/mol. The Morgan fingerprint density at radius 1 is 1.33 bits per heavy atom. The van der Waals surface area contributed by atoms with E-state index in [1.165, 1.54) is 0 Å². The highest BCUT2D eigenvalue weighted by Crippen LogP contribution is 2.24. The number of nitrogens with one attached hydrogen (secondary N) is 2. The second-order valence-corrected chi connectivity index (χ2v) is 7.46. The van der Waals surface area contributed by atoms with Gasteiger partial charge in [-0.2, -0.15) is 0 Å². The molecule has 24 heavy (non-hydrogen) atoms. The molecule has 2 amide bonds.